The molecule has 0 amide bonds. The van der Waals surface area contributed by atoms with Gasteiger partial charge in [-0.2, -0.15) is 0 Å². The molecule has 0 saturated heterocycles. The summed E-state index contributed by atoms with van der Waals surface area (Å²) in [6, 6.07) is 5.67. The number of ketones is 1. The predicted octanol–water partition coefficient (Wildman–Crippen LogP) is 5.25. The van der Waals surface area contributed by atoms with Gasteiger partial charge in [0.1, 0.15) is 5.75 Å². The molecule has 3 heteroatoms. The Hall–Kier alpha value is -0.830. The summed E-state index contributed by atoms with van der Waals surface area (Å²) < 4.78 is 6.06. The molecule has 0 spiro atoms. The van der Waals surface area contributed by atoms with Crippen LogP contribution in [-0.2, 0) is 0 Å². The van der Waals surface area contributed by atoms with Crippen molar-refractivity contribution in [1.29, 1.82) is 0 Å². The van der Waals surface area contributed by atoms with Crippen LogP contribution in [0.25, 0.3) is 0 Å². The van der Waals surface area contributed by atoms with Gasteiger partial charge in [0.15, 0.2) is 5.78 Å². The fraction of sp³-hybridized carbons (Fsp3) is 0.611. The Morgan fingerprint density at radius 2 is 1.90 bits per heavy atom. The Morgan fingerprint density at radius 1 is 1.14 bits per heavy atom. The Kier molecular flexibility index (Phi) is 4.68. The van der Waals surface area contributed by atoms with Crippen molar-refractivity contribution in [2.45, 2.75) is 44.9 Å². The summed E-state index contributed by atoms with van der Waals surface area (Å²) in [6.07, 6.45) is 8.88. The Morgan fingerprint density at radius 3 is 2.62 bits per heavy atom. The zero-order valence-electron chi connectivity index (χ0n) is 12.6. The van der Waals surface area contributed by atoms with Crippen molar-refractivity contribution < 1.29 is 9.53 Å². The fourth-order valence-corrected chi connectivity index (χ4v) is 4.71. The lowest BCUT2D eigenvalue weighted by Gasteiger charge is -2.38. The van der Waals surface area contributed by atoms with Crippen molar-refractivity contribution >= 4 is 21.7 Å². The van der Waals surface area contributed by atoms with E-state index in [4.69, 9.17) is 4.74 Å². The average molecular weight is 351 g/mol. The van der Waals surface area contributed by atoms with E-state index >= 15 is 0 Å². The zero-order valence-corrected chi connectivity index (χ0v) is 14.2. The predicted molar refractivity (Wildman–Crippen MR) is 87.8 cm³/mol. The number of benzene rings is 1. The van der Waals surface area contributed by atoms with E-state index in [1.54, 1.807) is 7.11 Å². The summed E-state index contributed by atoms with van der Waals surface area (Å²) >= 11 is 3.52. The number of carbonyl (C=O) groups excluding carboxylic acids is 1. The number of methoxy groups -OCH3 is 1. The number of Topliss-reactive ketones (excluding diaryl/α,β-unsaturated/α-hetero) is 1. The first-order chi connectivity index (χ1) is 10.2. The SMILES string of the molecule is COc1ccc(C(=O)C2CCC3CCCCC3C2)c(Br)c1. The smallest absolute Gasteiger partial charge is 0.167 e. The molecule has 1 aromatic rings. The lowest BCUT2D eigenvalue weighted by atomic mass is 9.66. The second-order valence-corrected chi connectivity index (χ2v) is 7.38. The average Bonchev–Trinajstić information content (AvgIpc) is 2.53. The van der Waals surface area contributed by atoms with E-state index in [2.05, 4.69) is 15.9 Å². The normalized spacial score (nSPS) is 28.8. The summed E-state index contributed by atoms with van der Waals surface area (Å²) in [6.45, 7) is 0. The summed E-state index contributed by atoms with van der Waals surface area (Å²) in [5.74, 6) is 3.00. The van der Waals surface area contributed by atoms with Crippen molar-refractivity contribution in [2.24, 2.45) is 17.8 Å². The molecule has 2 aliphatic carbocycles. The van der Waals surface area contributed by atoms with Crippen LogP contribution >= 0.6 is 15.9 Å². The van der Waals surface area contributed by atoms with E-state index < -0.39 is 0 Å². The van der Waals surface area contributed by atoms with Gasteiger partial charge in [0, 0.05) is 16.0 Å². The van der Waals surface area contributed by atoms with Gasteiger partial charge < -0.3 is 4.74 Å². The maximum absolute atomic E-state index is 12.8. The summed E-state index contributed by atoms with van der Waals surface area (Å²) in [5, 5.41) is 0. The van der Waals surface area contributed by atoms with Crippen LogP contribution in [0.4, 0.5) is 0 Å². The minimum Gasteiger partial charge on any atom is -0.497 e. The molecule has 2 aliphatic rings. The minimum atomic E-state index is 0.217. The third-order valence-electron chi connectivity index (χ3n) is 5.35. The molecule has 2 fully saturated rings. The third-order valence-corrected chi connectivity index (χ3v) is 6.01. The Labute approximate surface area is 135 Å². The Bertz CT molecular complexity index is 526. The van der Waals surface area contributed by atoms with Crippen LogP contribution < -0.4 is 4.74 Å². The molecule has 3 unspecified atom stereocenters. The topological polar surface area (TPSA) is 26.3 Å². The quantitative estimate of drug-likeness (QED) is 0.696. The van der Waals surface area contributed by atoms with Gasteiger partial charge >= 0.3 is 0 Å². The first kappa shape index (κ1) is 15.1. The maximum atomic E-state index is 12.8. The van der Waals surface area contributed by atoms with Crippen molar-refractivity contribution in [1.82, 2.24) is 0 Å². The molecule has 0 aromatic heterocycles. The molecular formula is C18H23BrO2. The fourth-order valence-electron chi connectivity index (χ4n) is 4.15. The van der Waals surface area contributed by atoms with E-state index in [1.165, 1.54) is 32.1 Å². The van der Waals surface area contributed by atoms with Crippen molar-refractivity contribution in [3.63, 3.8) is 0 Å². The zero-order chi connectivity index (χ0) is 14.8. The molecule has 0 radical (unpaired) electrons. The molecule has 3 atom stereocenters. The number of hydrogen-bond acceptors (Lipinski definition) is 2. The highest BCUT2D eigenvalue weighted by Gasteiger charge is 2.35. The molecule has 2 nitrogen and oxygen atoms in total. The second-order valence-electron chi connectivity index (χ2n) is 6.52. The lowest BCUT2D eigenvalue weighted by molar-refractivity contribution is 0.0762. The molecule has 3 rings (SSSR count). The minimum absolute atomic E-state index is 0.217. The number of ether oxygens (including phenoxy) is 1. The number of fused-ring (bicyclic) bond motifs is 1. The number of rotatable bonds is 3. The standard InChI is InChI=1S/C18H23BrO2/c1-21-15-8-9-16(17(19)11-15)18(20)14-7-6-12-4-2-3-5-13(12)10-14/h8-9,11-14H,2-7,10H2,1H3. The van der Waals surface area contributed by atoms with Crippen molar-refractivity contribution in [3.05, 3.63) is 28.2 Å². The van der Waals surface area contributed by atoms with Gasteiger partial charge in [0.25, 0.3) is 0 Å². The van der Waals surface area contributed by atoms with Crippen molar-refractivity contribution in [3.8, 4) is 5.75 Å². The highest BCUT2D eigenvalue weighted by molar-refractivity contribution is 9.10. The molecule has 0 bridgehead atoms. The number of hydrogen-bond donors (Lipinski definition) is 0. The first-order valence-corrected chi connectivity index (χ1v) is 8.86. The van der Waals surface area contributed by atoms with Crippen LogP contribution in [0.2, 0.25) is 0 Å². The number of carbonyl (C=O) groups is 1. The van der Waals surface area contributed by atoms with Gasteiger partial charge in [-0.15, -0.1) is 0 Å². The maximum Gasteiger partial charge on any atom is 0.167 e. The molecule has 1 aromatic carbocycles. The highest BCUT2D eigenvalue weighted by atomic mass is 79.9. The summed E-state index contributed by atoms with van der Waals surface area (Å²) in [4.78, 5) is 12.8. The van der Waals surface area contributed by atoms with Crippen LogP contribution in [0.3, 0.4) is 0 Å². The first-order valence-electron chi connectivity index (χ1n) is 8.07. The van der Waals surface area contributed by atoms with Crippen LogP contribution in [-0.4, -0.2) is 12.9 Å². The van der Waals surface area contributed by atoms with E-state index in [0.717, 1.165) is 40.5 Å². The molecule has 2 saturated carbocycles. The van der Waals surface area contributed by atoms with Crippen molar-refractivity contribution in [2.75, 3.05) is 7.11 Å². The van der Waals surface area contributed by atoms with Crippen LogP contribution in [0.15, 0.2) is 22.7 Å². The van der Waals surface area contributed by atoms with E-state index in [1.807, 2.05) is 18.2 Å². The molecule has 0 aliphatic heterocycles. The van der Waals surface area contributed by atoms with E-state index in [-0.39, 0.29) is 5.92 Å². The van der Waals surface area contributed by atoms with Crippen LogP contribution in [0.1, 0.15) is 55.3 Å². The lowest BCUT2D eigenvalue weighted by Crippen LogP contribution is -2.31. The van der Waals surface area contributed by atoms with Gasteiger partial charge in [-0.3, -0.25) is 4.79 Å². The largest absolute Gasteiger partial charge is 0.497 e. The van der Waals surface area contributed by atoms with Crippen LogP contribution in [0.5, 0.6) is 5.75 Å². The highest BCUT2D eigenvalue weighted by Crippen LogP contribution is 2.44. The second kappa shape index (κ2) is 6.51. The third kappa shape index (κ3) is 3.18. The van der Waals surface area contributed by atoms with Gasteiger partial charge in [0.2, 0.25) is 0 Å². The van der Waals surface area contributed by atoms with Gasteiger partial charge in [0.05, 0.1) is 7.11 Å². The van der Waals surface area contributed by atoms with Gasteiger partial charge in [-0.1, -0.05) is 25.7 Å². The molecular weight excluding hydrogens is 328 g/mol. The Balaban J connectivity index is 1.73. The molecule has 0 heterocycles. The number of halogens is 1. The molecule has 114 valence electrons. The van der Waals surface area contributed by atoms with Crippen LogP contribution in [0, 0.1) is 17.8 Å². The molecule has 0 N–H and O–H groups in total. The summed E-state index contributed by atoms with van der Waals surface area (Å²) in [5.41, 5.74) is 0.815. The van der Waals surface area contributed by atoms with Gasteiger partial charge in [-0.05, 0) is 65.2 Å². The summed E-state index contributed by atoms with van der Waals surface area (Å²) in [7, 11) is 1.65. The monoisotopic (exact) mass is 350 g/mol. The molecule has 21 heavy (non-hydrogen) atoms. The van der Waals surface area contributed by atoms with E-state index in [9.17, 15) is 4.79 Å². The van der Waals surface area contributed by atoms with E-state index in [0.29, 0.717) is 5.78 Å². The van der Waals surface area contributed by atoms with Gasteiger partial charge in [-0.25, -0.2) is 0 Å².